The molecule has 0 spiro atoms. The van der Waals surface area contributed by atoms with Crippen LogP contribution in [0.15, 0.2) is 33.8 Å². The Hall–Kier alpha value is -2.20. The molecule has 1 rings (SSSR count). The highest BCUT2D eigenvalue weighted by Crippen LogP contribution is 2.14. The first-order valence-electron chi connectivity index (χ1n) is 5.75. The molecule has 20 heavy (non-hydrogen) atoms. The minimum Gasteiger partial charge on any atom is -0.326 e. The number of halogens is 1. The maximum Gasteiger partial charge on any atom is 0.254 e. The SMILES string of the molecule is C/C(CC(=O)Nc1ccc(Br)cc1)=N\NC(=O)CC#N. The fourth-order valence-corrected chi connectivity index (χ4v) is 1.54. The van der Waals surface area contributed by atoms with Gasteiger partial charge in [0.15, 0.2) is 0 Å². The normalized spacial score (nSPS) is 10.6. The third-order valence-corrected chi connectivity index (χ3v) is 2.68. The Bertz CT molecular complexity index is 561. The average Bonchev–Trinajstić information content (AvgIpc) is 2.39. The van der Waals surface area contributed by atoms with Gasteiger partial charge in [0.05, 0.1) is 12.5 Å². The number of benzene rings is 1. The molecule has 0 aliphatic rings. The van der Waals surface area contributed by atoms with E-state index in [4.69, 9.17) is 5.26 Å². The number of nitrogens with one attached hydrogen (secondary N) is 2. The van der Waals surface area contributed by atoms with Crippen molar-refractivity contribution in [3.8, 4) is 6.07 Å². The third kappa shape index (κ3) is 6.11. The minimum absolute atomic E-state index is 0.0584. The van der Waals surface area contributed by atoms with Gasteiger partial charge in [-0.15, -0.1) is 0 Å². The molecule has 0 fully saturated rings. The topological polar surface area (TPSA) is 94.3 Å². The summed E-state index contributed by atoms with van der Waals surface area (Å²) in [5.74, 6) is -0.733. The minimum atomic E-state index is -0.500. The van der Waals surface area contributed by atoms with Gasteiger partial charge in [-0.25, -0.2) is 5.43 Å². The summed E-state index contributed by atoms with van der Waals surface area (Å²) in [7, 11) is 0. The second kappa shape index (κ2) is 8.07. The number of amides is 2. The molecule has 104 valence electrons. The van der Waals surface area contributed by atoms with Crippen LogP contribution < -0.4 is 10.7 Å². The summed E-state index contributed by atoms with van der Waals surface area (Å²) < 4.78 is 0.924. The second-order valence-electron chi connectivity index (χ2n) is 3.95. The summed E-state index contributed by atoms with van der Waals surface area (Å²) in [6.45, 7) is 1.62. The molecule has 0 aliphatic heterocycles. The number of carbonyl (C=O) groups is 2. The molecule has 1 aromatic carbocycles. The van der Waals surface area contributed by atoms with Gasteiger partial charge in [0.1, 0.15) is 6.42 Å². The summed E-state index contributed by atoms with van der Waals surface area (Å²) in [5, 5.41) is 14.7. The van der Waals surface area contributed by atoms with E-state index in [1.165, 1.54) is 0 Å². The lowest BCUT2D eigenvalue weighted by Gasteiger charge is -2.05. The van der Waals surface area contributed by atoms with E-state index >= 15 is 0 Å². The van der Waals surface area contributed by atoms with E-state index in [2.05, 4.69) is 31.8 Å². The van der Waals surface area contributed by atoms with E-state index in [1.54, 1.807) is 25.1 Å². The Balaban J connectivity index is 2.45. The number of rotatable bonds is 5. The lowest BCUT2D eigenvalue weighted by Crippen LogP contribution is -2.20. The van der Waals surface area contributed by atoms with Crippen LogP contribution in [0.25, 0.3) is 0 Å². The zero-order chi connectivity index (χ0) is 15.0. The third-order valence-electron chi connectivity index (χ3n) is 2.16. The molecule has 0 aliphatic carbocycles. The van der Waals surface area contributed by atoms with Crippen LogP contribution in [-0.4, -0.2) is 17.5 Å². The first kappa shape index (κ1) is 15.9. The molecule has 1 aromatic rings. The molecular weight excluding hydrogens is 324 g/mol. The highest BCUT2D eigenvalue weighted by Gasteiger charge is 2.05. The molecule has 0 aromatic heterocycles. The standard InChI is InChI=1S/C13H13BrN4O2/c1-9(17-18-12(19)6-7-15)8-13(20)16-11-4-2-10(14)3-5-11/h2-5H,6,8H2,1H3,(H,16,20)(H,18,19)/b17-9+. The molecule has 0 saturated heterocycles. The van der Waals surface area contributed by atoms with Crippen molar-refractivity contribution in [1.29, 1.82) is 5.26 Å². The van der Waals surface area contributed by atoms with Gasteiger partial charge >= 0.3 is 0 Å². The number of hydrazone groups is 1. The maximum absolute atomic E-state index is 11.7. The van der Waals surface area contributed by atoms with Crippen molar-refractivity contribution >= 4 is 39.1 Å². The number of hydrogen-bond donors (Lipinski definition) is 2. The summed E-state index contributed by atoms with van der Waals surface area (Å²) in [4.78, 5) is 22.7. The van der Waals surface area contributed by atoms with Crippen molar-refractivity contribution in [1.82, 2.24) is 5.43 Å². The van der Waals surface area contributed by atoms with E-state index in [0.717, 1.165) is 4.47 Å². The lowest BCUT2D eigenvalue weighted by molar-refractivity contribution is -0.120. The van der Waals surface area contributed by atoms with E-state index in [-0.39, 0.29) is 18.7 Å². The predicted molar refractivity (Wildman–Crippen MR) is 78.9 cm³/mol. The van der Waals surface area contributed by atoms with Crippen molar-refractivity contribution in [3.05, 3.63) is 28.7 Å². The molecule has 7 heteroatoms. The van der Waals surface area contributed by atoms with Gasteiger partial charge in [-0.1, -0.05) is 15.9 Å². The zero-order valence-corrected chi connectivity index (χ0v) is 12.4. The van der Waals surface area contributed by atoms with Crippen molar-refractivity contribution in [2.75, 3.05) is 5.32 Å². The fraction of sp³-hybridized carbons (Fsp3) is 0.231. The maximum atomic E-state index is 11.7. The van der Waals surface area contributed by atoms with Crippen LogP contribution >= 0.6 is 15.9 Å². The van der Waals surface area contributed by atoms with Gasteiger partial charge in [0.2, 0.25) is 5.91 Å². The van der Waals surface area contributed by atoms with Crippen LogP contribution in [0.1, 0.15) is 19.8 Å². The molecule has 0 bridgehead atoms. The summed E-state index contributed by atoms with van der Waals surface area (Å²) in [5.41, 5.74) is 3.33. The molecular formula is C13H13BrN4O2. The molecule has 0 saturated carbocycles. The lowest BCUT2D eigenvalue weighted by atomic mass is 10.2. The van der Waals surface area contributed by atoms with Crippen molar-refractivity contribution in [2.24, 2.45) is 5.10 Å². The van der Waals surface area contributed by atoms with E-state index in [1.807, 2.05) is 12.1 Å². The highest BCUT2D eigenvalue weighted by atomic mass is 79.9. The van der Waals surface area contributed by atoms with Crippen LogP contribution in [0.4, 0.5) is 5.69 Å². The van der Waals surface area contributed by atoms with Gasteiger partial charge in [-0.3, -0.25) is 9.59 Å². The smallest absolute Gasteiger partial charge is 0.254 e. The van der Waals surface area contributed by atoms with Crippen molar-refractivity contribution in [2.45, 2.75) is 19.8 Å². The predicted octanol–water partition coefficient (Wildman–Crippen LogP) is 2.18. The number of hydrogen-bond acceptors (Lipinski definition) is 4. The van der Waals surface area contributed by atoms with E-state index in [0.29, 0.717) is 11.4 Å². The number of nitriles is 1. The average molecular weight is 337 g/mol. The first-order chi connectivity index (χ1) is 9.51. The number of nitrogens with zero attached hydrogens (tertiary/aromatic N) is 2. The van der Waals surface area contributed by atoms with Gasteiger partial charge in [0, 0.05) is 15.9 Å². The summed E-state index contributed by atoms with van der Waals surface area (Å²) in [6.07, 6.45) is -0.204. The van der Waals surface area contributed by atoms with Crippen LogP contribution in [0.3, 0.4) is 0 Å². The molecule has 0 atom stereocenters. The number of carbonyl (C=O) groups excluding carboxylic acids is 2. The van der Waals surface area contributed by atoms with Crippen LogP contribution in [0.5, 0.6) is 0 Å². The van der Waals surface area contributed by atoms with Gasteiger partial charge in [0.25, 0.3) is 5.91 Å². The number of anilines is 1. The Labute approximate surface area is 125 Å². The van der Waals surface area contributed by atoms with Gasteiger partial charge < -0.3 is 5.32 Å². The molecule has 2 N–H and O–H groups in total. The quantitative estimate of drug-likeness (QED) is 0.637. The summed E-state index contributed by atoms with van der Waals surface area (Å²) >= 11 is 3.30. The Morgan fingerprint density at radius 1 is 1.30 bits per heavy atom. The second-order valence-corrected chi connectivity index (χ2v) is 4.86. The van der Waals surface area contributed by atoms with E-state index < -0.39 is 5.91 Å². The van der Waals surface area contributed by atoms with Gasteiger partial charge in [-0.05, 0) is 31.2 Å². The van der Waals surface area contributed by atoms with Crippen molar-refractivity contribution in [3.63, 3.8) is 0 Å². The van der Waals surface area contributed by atoms with Crippen molar-refractivity contribution < 1.29 is 9.59 Å². The van der Waals surface area contributed by atoms with Crippen LogP contribution in [0.2, 0.25) is 0 Å². The molecule has 0 heterocycles. The zero-order valence-electron chi connectivity index (χ0n) is 10.8. The van der Waals surface area contributed by atoms with E-state index in [9.17, 15) is 9.59 Å². The summed E-state index contributed by atoms with van der Waals surface area (Å²) in [6, 6.07) is 8.88. The fourth-order valence-electron chi connectivity index (χ4n) is 1.28. The first-order valence-corrected chi connectivity index (χ1v) is 6.55. The van der Waals surface area contributed by atoms with Crippen LogP contribution in [0, 0.1) is 11.3 Å². The highest BCUT2D eigenvalue weighted by molar-refractivity contribution is 9.10. The Morgan fingerprint density at radius 2 is 1.95 bits per heavy atom. The largest absolute Gasteiger partial charge is 0.326 e. The molecule has 0 unspecified atom stereocenters. The monoisotopic (exact) mass is 336 g/mol. The molecule has 6 nitrogen and oxygen atoms in total. The molecule has 0 radical (unpaired) electrons. The Kier molecular flexibility index (Phi) is 6.40. The Morgan fingerprint density at radius 3 is 2.55 bits per heavy atom. The van der Waals surface area contributed by atoms with Crippen LogP contribution in [-0.2, 0) is 9.59 Å². The van der Waals surface area contributed by atoms with Gasteiger partial charge in [-0.2, -0.15) is 10.4 Å². The molecule has 2 amide bonds.